The topological polar surface area (TPSA) is 86.9 Å². The number of carbonyl (C=O) groups excluding carboxylic acids is 2. The van der Waals surface area contributed by atoms with E-state index in [1.54, 1.807) is 30.5 Å². The quantitative estimate of drug-likeness (QED) is 0.558. The molecule has 8 heteroatoms. The van der Waals surface area contributed by atoms with Crippen molar-refractivity contribution in [2.45, 2.75) is 25.7 Å². The number of hydrogen-bond acceptors (Lipinski definition) is 3. The van der Waals surface area contributed by atoms with Gasteiger partial charge in [0.2, 0.25) is 11.8 Å². The first-order chi connectivity index (χ1) is 13.9. The van der Waals surface area contributed by atoms with Crippen LogP contribution in [0.15, 0.2) is 53.9 Å². The van der Waals surface area contributed by atoms with E-state index in [4.69, 9.17) is 23.2 Å². The molecule has 1 unspecified atom stereocenters. The van der Waals surface area contributed by atoms with Gasteiger partial charge >= 0.3 is 0 Å². The van der Waals surface area contributed by atoms with Crippen LogP contribution in [0.2, 0.25) is 10.0 Å². The Kier molecular flexibility index (Phi) is 5.30. The van der Waals surface area contributed by atoms with Crippen molar-refractivity contribution in [3.63, 3.8) is 0 Å². The molecule has 3 N–H and O–H groups in total. The molecule has 0 saturated heterocycles. The summed E-state index contributed by atoms with van der Waals surface area (Å²) in [5.41, 5.74) is 3.83. The van der Waals surface area contributed by atoms with E-state index in [0.29, 0.717) is 21.4 Å². The van der Waals surface area contributed by atoms with Crippen molar-refractivity contribution in [1.29, 1.82) is 0 Å². The molecule has 6 nitrogen and oxygen atoms in total. The second-order valence-corrected chi connectivity index (χ2v) is 7.86. The molecule has 1 atom stereocenters. The van der Waals surface area contributed by atoms with E-state index in [9.17, 15) is 9.59 Å². The highest BCUT2D eigenvalue weighted by atomic mass is 35.5. The number of aromatic nitrogens is 2. The Hall–Kier alpha value is -2.83. The van der Waals surface area contributed by atoms with Crippen LogP contribution in [0.3, 0.4) is 0 Å². The van der Waals surface area contributed by atoms with Crippen LogP contribution in [-0.2, 0) is 9.59 Å². The average molecular weight is 429 g/mol. The number of amides is 2. The number of aromatic amines is 1. The van der Waals surface area contributed by atoms with Gasteiger partial charge in [-0.25, -0.2) is 0 Å². The first-order valence-corrected chi connectivity index (χ1v) is 9.83. The normalized spacial score (nSPS) is 16.8. The number of allylic oxidation sites excluding steroid dienone is 1. The fraction of sp³-hybridized carbons (Fsp3) is 0.190. The standard InChI is InChI=1S/C21H18Cl2N4O2/c1-11-15(16(8-20(28)25-11)12-2-4-14(22)5-3-12)7-21(29)26-19-6-13-10-24-27-18(13)9-17(19)23/h2-6,9-10,16H,7-8H2,1H3,(H,24,27)(H,25,28)(H,26,29). The molecule has 0 saturated carbocycles. The lowest BCUT2D eigenvalue weighted by Gasteiger charge is -2.28. The third kappa shape index (κ3) is 4.13. The Labute approximate surface area is 177 Å². The minimum Gasteiger partial charge on any atom is -0.330 e. The van der Waals surface area contributed by atoms with Crippen LogP contribution in [0.4, 0.5) is 5.69 Å². The maximum Gasteiger partial charge on any atom is 0.228 e. The Morgan fingerprint density at radius 1 is 1.24 bits per heavy atom. The Morgan fingerprint density at radius 2 is 2.00 bits per heavy atom. The summed E-state index contributed by atoms with van der Waals surface area (Å²) in [5, 5.41) is 14.4. The van der Waals surface area contributed by atoms with Crippen LogP contribution < -0.4 is 10.6 Å². The first-order valence-electron chi connectivity index (χ1n) is 9.08. The summed E-state index contributed by atoms with van der Waals surface area (Å²) < 4.78 is 0. The van der Waals surface area contributed by atoms with Crippen molar-refractivity contribution >= 4 is 51.6 Å². The number of hydrogen-bond donors (Lipinski definition) is 3. The second-order valence-electron chi connectivity index (χ2n) is 7.02. The zero-order valence-electron chi connectivity index (χ0n) is 15.6. The molecule has 2 amide bonds. The highest BCUT2D eigenvalue weighted by molar-refractivity contribution is 6.34. The van der Waals surface area contributed by atoms with E-state index >= 15 is 0 Å². The Bertz CT molecular complexity index is 1140. The molecule has 0 bridgehead atoms. The van der Waals surface area contributed by atoms with Crippen molar-refractivity contribution in [1.82, 2.24) is 15.5 Å². The van der Waals surface area contributed by atoms with Crippen molar-refractivity contribution in [3.8, 4) is 0 Å². The number of fused-ring (bicyclic) bond motifs is 1. The van der Waals surface area contributed by atoms with Gasteiger partial charge in [0.25, 0.3) is 0 Å². The molecule has 29 heavy (non-hydrogen) atoms. The number of carbonyl (C=O) groups is 2. The van der Waals surface area contributed by atoms with E-state index in [2.05, 4.69) is 20.8 Å². The smallest absolute Gasteiger partial charge is 0.228 e. The van der Waals surface area contributed by atoms with Crippen LogP contribution >= 0.6 is 23.2 Å². The summed E-state index contributed by atoms with van der Waals surface area (Å²) in [6.45, 7) is 1.81. The second kappa shape index (κ2) is 7.89. The fourth-order valence-electron chi connectivity index (χ4n) is 3.61. The van der Waals surface area contributed by atoms with Crippen LogP contribution in [0.5, 0.6) is 0 Å². The zero-order valence-corrected chi connectivity index (χ0v) is 17.1. The van der Waals surface area contributed by atoms with E-state index in [0.717, 1.165) is 22.0 Å². The molecule has 1 aromatic heterocycles. The van der Waals surface area contributed by atoms with Crippen molar-refractivity contribution < 1.29 is 9.59 Å². The van der Waals surface area contributed by atoms with Gasteiger partial charge in [-0.2, -0.15) is 5.10 Å². The number of benzene rings is 2. The summed E-state index contributed by atoms with van der Waals surface area (Å²) in [7, 11) is 0. The lowest BCUT2D eigenvalue weighted by Crippen LogP contribution is -2.32. The van der Waals surface area contributed by atoms with Crippen LogP contribution in [-0.4, -0.2) is 22.0 Å². The highest BCUT2D eigenvalue weighted by Crippen LogP contribution is 2.35. The van der Waals surface area contributed by atoms with Crippen molar-refractivity contribution in [3.05, 3.63) is 69.5 Å². The Morgan fingerprint density at radius 3 is 2.76 bits per heavy atom. The van der Waals surface area contributed by atoms with Gasteiger partial charge < -0.3 is 10.6 Å². The van der Waals surface area contributed by atoms with Gasteiger partial charge in [0.1, 0.15) is 0 Å². The van der Waals surface area contributed by atoms with Crippen LogP contribution in [0, 0.1) is 0 Å². The Balaban J connectivity index is 1.58. The molecular formula is C21H18Cl2N4O2. The monoisotopic (exact) mass is 428 g/mol. The van der Waals surface area contributed by atoms with Gasteiger partial charge in [-0.3, -0.25) is 14.7 Å². The van der Waals surface area contributed by atoms with Gasteiger partial charge in [-0.15, -0.1) is 0 Å². The minimum absolute atomic E-state index is 0.0694. The van der Waals surface area contributed by atoms with E-state index in [-0.39, 0.29) is 30.6 Å². The average Bonchev–Trinajstić information content (AvgIpc) is 3.12. The molecule has 0 spiro atoms. The summed E-state index contributed by atoms with van der Waals surface area (Å²) in [6, 6.07) is 10.9. The van der Waals surface area contributed by atoms with Crippen molar-refractivity contribution in [2.24, 2.45) is 0 Å². The first kappa shape index (κ1) is 19.5. The van der Waals surface area contributed by atoms with Crippen molar-refractivity contribution in [2.75, 3.05) is 5.32 Å². The highest BCUT2D eigenvalue weighted by Gasteiger charge is 2.28. The predicted molar refractivity (Wildman–Crippen MR) is 114 cm³/mol. The fourth-order valence-corrected chi connectivity index (χ4v) is 3.95. The minimum atomic E-state index is -0.209. The number of nitrogens with zero attached hydrogens (tertiary/aromatic N) is 1. The third-order valence-corrected chi connectivity index (χ3v) is 5.61. The molecule has 0 radical (unpaired) electrons. The van der Waals surface area contributed by atoms with E-state index < -0.39 is 0 Å². The number of halogens is 2. The molecule has 2 aromatic carbocycles. The zero-order chi connectivity index (χ0) is 20.5. The van der Waals surface area contributed by atoms with Gasteiger partial charge in [-0.05, 0) is 42.3 Å². The molecule has 4 rings (SSSR count). The van der Waals surface area contributed by atoms with Crippen LogP contribution in [0.25, 0.3) is 10.9 Å². The molecule has 2 heterocycles. The van der Waals surface area contributed by atoms with Gasteiger partial charge in [0.05, 0.1) is 28.8 Å². The molecule has 1 aliphatic heterocycles. The third-order valence-electron chi connectivity index (χ3n) is 5.04. The molecular weight excluding hydrogens is 411 g/mol. The number of nitrogens with one attached hydrogen (secondary N) is 3. The largest absolute Gasteiger partial charge is 0.330 e. The molecule has 1 aliphatic rings. The molecule has 148 valence electrons. The lowest BCUT2D eigenvalue weighted by molar-refractivity contribution is -0.121. The lowest BCUT2D eigenvalue weighted by atomic mass is 9.83. The van der Waals surface area contributed by atoms with E-state index in [1.807, 2.05) is 19.1 Å². The number of rotatable bonds is 4. The molecule has 0 aliphatic carbocycles. The molecule has 0 fully saturated rings. The summed E-state index contributed by atoms with van der Waals surface area (Å²) in [6.07, 6.45) is 2.09. The van der Waals surface area contributed by atoms with Gasteiger partial charge in [0.15, 0.2) is 0 Å². The summed E-state index contributed by atoms with van der Waals surface area (Å²) >= 11 is 12.3. The number of anilines is 1. The van der Waals surface area contributed by atoms with Crippen LogP contribution in [0.1, 0.15) is 31.2 Å². The predicted octanol–water partition coefficient (Wildman–Crippen LogP) is 4.78. The van der Waals surface area contributed by atoms with E-state index in [1.165, 1.54) is 0 Å². The van der Waals surface area contributed by atoms with Gasteiger partial charge in [-0.1, -0.05) is 35.3 Å². The van der Waals surface area contributed by atoms with Gasteiger partial charge in [0, 0.05) is 28.4 Å². The number of H-pyrrole nitrogens is 1. The molecule has 3 aromatic rings. The summed E-state index contributed by atoms with van der Waals surface area (Å²) in [4.78, 5) is 24.9. The maximum atomic E-state index is 12.8. The maximum absolute atomic E-state index is 12.8. The summed E-state index contributed by atoms with van der Waals surface area (Å²) in [5.74, 6) is -0.460. The SMILES string of the molecule is CC1=C(CC(=O)Nc2cc3cn[nH]c3cc2Cl)C(c2ccc(Cl)cc2)CC(=O)N1.